The Bertz CT molecular complexity index is 1070. The van der Waals surface area contributed by atoms with Crippen LogP contribution in [0.5, 0.6) is 0 Å². The number of urea groups is 1. The van der Waals surface area contributed by atoms with E-state index in [1.807, 2.05) is 38.2 Å². The highest BCUT2D eigenvalue weighted by Gasteiger charge is 2.23. The number of benzene rings is 1. The Morgan fingerprint density at radius 3 is 2.62 bits per heavy atom. The van der Waals surface area contributed by atoms with Gasteiger partial charge in [0.2, 0.25) is 0 Å². The molecule has 7 nitrogen and oxygen atoms in total. The van der Waals surface area contributed by atoms with Crippen LogP contribution >= 0.6 is 11.3 Å². The van der Waals surface area contributed by atoms with E-state index in [1.165, 1.54) is 15.6 Å². The first kappa shape index (κ1) is 21.4. The number of hydrogen-bond acceptors (Lipinski definition) is 4. The number of nitrogens with zero attached hydrogens (tertiary/aromatic N) is 1. The monoisotopic (exact) mass is 434 g/mol. The van der Waals surface area contributed by atoms with Crippen LogP contribution in [-0.2, 0) is 23.0 Å². The molecule has 3 aromatic rings. The van der Waals surface area contributed by atoms with Crippen molar-refractivity contribution in [2.45, 2.75) is 31.0 Å². The lowest BCUT2D eigenvalue weighted by Crippen LogP contribution is -2.36. The lowest BCUT2D eigenvalue weighted by Gasteiger charge is -2.16. The van der Waals surface area contributed by atoms with E-state index in [9.17, 15) is 13.2 Å². The maximum Gasteiger partial charge on any atom is 0.315 e. The van der Waals surface area contributed by atoms with Gasteiger partial charge in [0.15, 0.2) is 0 Å². The number of thiophene rings is 1. The smallest absolute Gasteiger partial charge is 0.315 e. The minimum absolute atomic E-state index is 0.272. The number of aromatic amines is 1. The molecule has 0 unspecified atom stereocenters. The Morgan fingerprint density at radius 1 is 1.10 bits per heavy atom. The van der Waals surface area contributed by atoms with E-state index in [2.05, 4.69) is 21.7 Å². The van der Waals surface area contributed by atoms with Gasteiger partial charge in [-0.25, -0.2) is 13.2 Å². The molecule has 0 radical (unpaired) electrons. The molecule has 29 heavy (non-hydrogen) atoms. The summed E-state index contributed by atoms with van der Waals surface area (Å²) in [6.45, 7) is 5.30. The third-order valence-corrected chi connectivity index (χ3v) is 8.32. The molecule has 0 spiro atoms. The Kier molecular flexibility index (Phi) is 6.94. The summed E-state index contributed by atoms with van der Waals surface area (Å²) in [5, 5.41) is 6.79. The summed E-state index contributed by atoms with van der Waals surface area (Å²) in [6, 6.07) is 11.1. The largest absolute Gasteiger partial charge is 0.361 e. The molecule has 3 N–H and O–H groups in total. The second-order valence-electron chi connectivity index (χ2n) is 6.53. The van der Waals surface area contributed by atoms with Gasteiger partial charge < -0.3 is 15.6 Å². The number of carbonyl (C=O) groups excluding carboxylic acids is 1. The van der Waals surface area contributed by atoms with Gasteiger partial charge in [-0.1, -0.05) is 32.0 Å². The highest BCUT2D eigenvalue weighted by molar-refractivity contribution is 7.91. The van der Waals surface area contributed by atoms with Gasteiger partial charge in [-0.3, -0.25) is 0 Å². The van der Waals surface area contributed by atoms with Crippen molar-refractivity contribution < 1.29 is 13.2 Å². The predicted octanol–water partition coefficient (Wildman–Crippen LogP) is 3.30. The lowest BCUT2D eigenvalue weighted by molar-refractivity contribution is 0.240. The van der Waals surface area contributed by atoms with Crippen LogP contribution in [0.15, 0.2) is 46.8 Å². The molecule has 0 aliphatic carbocycles. The van der Waals surface area contributed by atoms with Crippen molar-refractivity contribution in [2.75, 3.05) is 19.6 Å². The average Bonchev–Trinajstić information content (AvgIpc) is 3.35. The Morgan fingerprint density at radius 2 is 1.86 bits per heavy atom. The van der Waals surface area contributed by atoms with Gasteiger partial charge in [0, 0.05) is 41.6 Å². The van der Waals surface area contributed by atoms with Crippen molar-refractivity contribution in [3.05, 3.63) is 53.0 Å². The molecular formula is C20H26N4O3S2. The molecule has 0 bridgehead atoms. The third kappa shape index (κ3) is 4.98. The third-order valence-electron chi connectivity index (χ3n) is 4.71. The van der Waals surface area contributed by atoms with Crippen LogP contribution in [0, 0.1) is 0 Å². The Hall–Kier alpha value is -2.36. The SMILES string of the molecule is CCN(CC)S(=O)(=O)c1ccc(CNC(=O)NCCc2c[nH]c3ccccc23)s1. The number of H-pyrrole nitrogens is 1. The van der Waals surface area contributed by atoms with E-state index in [1.54, 1.807) is 12.1 Å². The van der Waals surface area contributed by atoms with Crippen LogP contribution in [0.25, 0.3) is 10.9 Å². The zero-order valence-corrected chi connectivity index (χ0v) is 18.2. The minimum Gasteiger partial charge on any atom is -0.361 e. The number of para-hydroxylation sites is 1. The molecule has 2 heterocycles. The number of amides is 2. The van der Waals surface area contributed by atoms with Crippen molar-refractivity contribution in [1.82, 2.24) is 19.9 Å². The first-order chi connectivity index (χ1) is 14.0. The fraction of sp³-hybridized carbons (Fsp3) is 0.350. The first-order valence-corrected chi connectivity index (χ1v) is 11.9. The van der Waals surface area contributed by atoms with Gasteiger partial charge in [0.05, 0.1) is 6.54 Å². The summed E-state index contributed by atoms with van der Waals surface area (Å²) in [5.41, 5.74) is 2.24. The molecule has 0 saturated carbocycles. The van der Waals surface area contributed by atoms with E-state index in [0.29, 0.717) is 23.8 Å². The topological polar surface area (TPSA) is 94.3 Å². The number of carbonyl (C=O) groups is 1. The molecule has 0 aliphatic rings. The number of rotatable bonds is 9. The Labute approximate surface area is 175 Å². The average molecular weight is 435 g/mol. The molecule has 3 rings (SSSR count). The predicted molar refractivity (Wildman–Crippen MR) is 117 cm³/mol. The van der Waals surface area contributed by atoms with Gasteiger partial charge in [-0.05, 0) is 30.2 Å². The molecule has 0 atom stereocenters. The van der Waals surface area contributed by atoms with Crippen molar-refractivity contribution in [2.24, 2.45) is 0 Å². The van der Waals surface area contributed by atoms with E-state index in [0.717, 1.165) is 27.8 Å². The first-order valence-electron chi connectivity index (χ1n) is 9.61. The van der Waals surface area contributed by atoms with Crippen molar-refractivity contribution in [3.63, 3.8) is 0 Å². The number of nitrogens with one attached hydrogen (secondary N) is 3. The normalized spacial score (nSPS) is 11.8. The standard InChI is InChI=1S/C20H26N4O3S2/c1-3-24(4-2)29(26,27)19-10-9-16(28-19)14-23-20(25)21-12-11-15-13-22-18-8-6-5-7-17(15)18/h5-10,13,22H,3-4,11-12,14H2,1-2H3,(H2,21,23,25). The summed E-state index contributed by atoms with van der Waals surface area (Å²) < 4.78 is 26.8. The minimum atomic E-state index is -3.46. The van der Waals surface area contributed by atoms with Crippen LogP contribution in [0.3, 0.4) is 0 Å². The van der Waals surface area contributed by atoms with Crippen LogP contribution in [-0.4, -0.2) is 43.4 Å². The maximum absolute atomic E-state index is 12.5. The summed E-state index contributed by atoms with van der Waals surface area (Å²) in [5.74, 6) is 0. The number of fused-ring (bicyclic) bond motifs is 1. The number of sulfonamides is 1. The summed E-state index contributed by atoms with van der Waals surface area (Å²) >= 11 is 1.19. The molecule has 156 valence electrons. The lowest BCUT2D eigenvalue weighted by atomic mass is 10.1. The molecule has 1 aromatic carbocycles. The molecule has 0 aliphatic heterocycles. The zero-order valence-electron chi connectivity index (χ0n) is 16.6. The molecule has 0 saturated heterocycles. The van der Waals surface area contributed by atoms with Gasteiger partial charge >= 0.3 is 6.03 Å². The van der Waals surface area contributed by atoms with Crippen LogP contribution in [0.4, 0.5) is 4.79 Å². The van der Waals surface area contributed by atoms with Crippen molar-refractivity contribution in [1.29, 1.82) is 0 Å². The van der Waals surface area contributed by atoms with Crippen LogP contribution < -0.4 is 10.6 Å². The molecule has 9 heteroatoms. The van der Waals surface area contributed by atoms with Gasteiger partial charge in [-0.15, -0.1) is 11.3 Å². The maximum atomic E-state index is 12.5. The summed E-state index contributed by atoms with van der Waals surface area (Å²) in [4.78, 5) is 16.1. The van der Waals surface area contributed by atoms with Gasteiger partial charge in [0.1, 0.15) is 4.21 Å². The molecule has 0 fully saturated rings. The highest BCUT2D eigenvalue weighted by Crippen LogP contribution is 2.24. The second kappa shape index (κ2) is 9.43. The van der Waals surface area contributed by atoms with Crippen LogP contribution in [0.2, 0.25) is 0 Å². The van der Waals surface area contributed by atoms with E-state index < -0.39 is 10.0 Å². The summed E-state index contributed by atoms with van der Waals surface area (Å²) in [7, 11) is -3.46. The molecular weight excluding hydrogens is 408 g/mol. The van der Waals surface area contributed by atoms with Gasteiger partial charge in [-0.2, -0.15) is 4.31 Å². The number of hydrogen-bond donors (Lipinski definition) is 3. The Balaban J connectivity index is 1.48. The van der Waals surface area contributed by atoms with Gasteiger partial charge in [0.25, 0.3) is 10.0 Å². The van der Waals surface area contributed by atoms with E-state index >= 15 is 0 Å². The molecule has 2 aromatic heterocycles. The van der Waals surface area contributed by atoms with E-state index in [4.69, 9.17) is 0 Å². The zero-order chi connectivity index (χ0) is 20.9. The molecule has 2 amide bonds. The van der Waals surface area contributed by atoms with Crippen LogP contribution in [0.1, 0.15) is 24.3 Å². The highest BCUT2D eigenvalue weighted by atomic mass is 32.2. The fourth-order valence-electron chi connectivity index (χ4n) is 3.16. The quantitative estimate of drug-likeness (QED) is 0.482. The fourth-order valence-corrected chi connectivity index (χ4v) is 6.07. The summed E-state index contributed by atoms with van der Waals surface area (Å²) in [6.07, 6.45) is 2.69. The van der Waals surface area contributed by atoms with Crippen molar-refractivity contribution >= 4 is 38.3 Å². The van der Waals surface area contributed by atoms with Crippen molar-refractivity contribution in [3.8, 4) is 0 Å². The second-order valence-corrected chi connectivity index (χ2v) is 9.86. The number of aromatic nitrogens is 1. The van der Waals surface area contributed by atoms with E-state index in [-0.39, 0.29) is 12.6 Å².